The topological polar surface area (TPSA) is 73.1 Å². The lowest BCUT2D eigenvalue weighted by Crippen LogP contribution is -2.32. The van der Waals surface area contributed by atoms with Gasteiger partial charge < -0.3 is 20.5 Å². The van der Waals surface area contributed by atoms with Gasteiger partial charge >= 0.3 is 0 Å². The number of aromatic amines is 1. The van der Waals surface area contributed by atoms with Gasteiger partial charge in [-0.15, -0.1) is 0 Å². The largest absolute Gasteiger partial charge is 0.362 e. The predicted octanol–water partition coefficient (Wildman–Crippen LogP) is 5.18. The van der Waals surface area contributed by atoms with Crippen molar-refractivity contribution in [3.8, 4) is 0 Å². The molecule has 7 heteroatoms. The van der Waals surface area contributed by atoms with E-state index in [1.54, 1.807) is 6.20 Å². The van der Waals surface area contributed by atoms with Crippen molar-refractivity contribution in [1.82, 2.24) is 20.2 Å². The molecule has 4 aromatic rings. The van der Waals surface area contributed by atoms with Crippen LogP contribution in [0.4, 0.5) is 5.69 Å². The Morgan fingerprint density at radius 3 is 2.65 bits per heavy atom. The molecule has 1 aliphatic heterocycles. The van der Waals surface area contributed by atoms with Gasteiger partial charge in [0.15, 0.2) is 5.11 Å². The molecule has 1 aliphatic rings. The number of aromatic nitrogens is 2. The highest BCUT2D eigenvalue weighted by Crippen LogP contribution is 2.40. The van der Waals surface area contributed by atoms with Crippen LogP contribution in [0.1, 0.15) is 41.1 Å². The molecule has 1 fully saturated rings. The van der Waals surface area contributed by atoms with Gasteiger partial charge in [0.1, 0.15) is 0 Å². The van der Waals surface area contributed by atoms with E-state index >= 15 is 0 Å². The number of aryl methyl sites for hydroxylation is 2. The number of H-pyrrole nitrogens is 1. The lowest BCUT2D eigenvalue weighted by atomic mass is 9.96. The van der Waals surface area contributed by atoms with E-state index in [0.717, 1.165) is 39.1 Å². The second-order valence-electron chi connectivity index (χ2n) is 8.68. The second-order valence-corrected chi connectivity index (χ2v) is 9.06. The van der Waals surface area contributed by atoms with Gasteiger partial charge in [-0.1, -0.05) is 42.5 Å². The predicted molar refractivity (Wildman–Crippen MR) is 140 cm³/mol. The van der Waals surface area contributed by atoms with E-state index in [1.807, 2.05) is 60.7 Å². The monoisotopic (exact) mass is 469 g/mol. The standard InChI is InChI=1S/C27H27N5OS/c1-17-16-21(18(2)29-17)26-25(23-11-5-6-14-28-23)31-27(34)32(26)15-13-24(33)30-22-12-7-9-19-8-3-4-10-20(19)22/h3-12,14,16,25-26,29H,13,15H2,1-2H3,(H,30,33)(H,31,34)/t25-,26-/m1/s1. The van der Waals surface area contributed by atoms with Crippen LogP contribution in [0.5, 0.6) is 0 Å². The van der Waals surface area contributed by atoms with Crippen molar-refractivity contribution in [3.05, 3.63) is 95.6 Å². The van der Waals surface area contributed by atoms with E-state index in [-0.39, 0.29) is 18.0 Å². The third-order valence-corrected chi connectivity index (χ3v) is 6.70. The smallest absolute Gasteiger partial charge is 0.226 e. The summed E-state index contributed by atoms with van der Waals surface area (Å²) < 4.78 is 0. The Balaban J connectivity index is 1.37. The van der Waals surface area contributed by atoms with Crippen LogP contribution in [0, 0.1) is 13.8 Å². The van der Waals surface area contributed by atoms with Crippen LogP contribution in [0.25, 0.3) is 10.8 Å². The zero-order valence-electron chi connectivity index (χ0n) is 19.2. The van der Waals surface area contributed by atoms with Gasteiger partial charge in [-0.3, -0.25) is 9.78 Å². The van der Waals surface area contributed by atoms with Crippen LogP contribution in [0.15, 0.2) is 72.9 Å². The van der Waals surface area contributed by atoms with Crippen molar-refractivity contribution < 1.29 is 4.79 Å². The second kappa shape index (κ2) is 9.27. The van der Waals surface area contributed by atoms with Gasteiger partial charge in [0.2, 0.25) is 5.91 Å². The lowest BCUT2D eigenvalue weighted by molar-refractivity contribution is -0.116. The van der Waals surface area contributed by atoms with Gasteiger partial charge in [0.25, 0.3) is 0 Å². The number of fused-ring (bicyclic) bond motifs is 1. The molecule has 6 nitrogen and oxygen atoms in total. The number of pyridine rings is 1. The molecule has 1 amide bonds. The molecule has 2 aromatic carbocycles. The van der Waals surface area contributed by atoms with E-state index in [4.69, 9.17) is 12.2 Å². The molecule has 0 aliphatic carbocycles. The number of anilines is 1. The fourth-order valence-corrected chi connectivity index (χ4v) is 5.14. The van der Waals surface area contributed by atoms with Crippen LogP contribution in [-0.4, -0.2) is 32.4 Å². The summed E-state index contributed by atoms with van der Waals surface area (Å²) in [5.41, 5.74) is 5.11. The molecule has 172 valence electrons. The van der Waals surface area contributed by atoms with Crippen molar-refractivity contribution >= 4 is 39.7 Å². The van der Waals surface area contributed by atoms with E-state index < -0.39 is 0 Å². The first-order chi connectivity index (χ1) is 16.5. The first-order valence-electron chi connectivity index (χ1n) is 11.4. The molecule has 0 spiro atoms. The van der Waals surface area contributed by atoms with E-state index in [1.165, 1.54) is 0 Å². The number of carbonyl (C=O) groups excluding carboxylic acids is 1. The number of hydrogen-bond acceptors (Lipinski definition) is 3. The summed E-state index contributed by atoms with van der Waals surface area (Å²) in [4.78, 5) is 23.1. The molecular weight excluding hydrogens is 442 g/mol. The number of nitrogens with one attached hydrogen (secondary N) is 3. The fourth-order valence-electron chi connectivity index (χ4n) is 4.81. The molecule has 5 rings (SSSR count). The Morgan fingerprint density at radius 1 is 1.09 bits per heavy atom. The SMILES string of the molecule is Cc1cc([C@@H]2[C@@H](c3ccccn3)NC(=S)N2CCC(=O)Nc2cccc3ccccc23)c(C)[nH]1. The lowest BCUT2D eigenvalue weighted by Gasteiger charge is -2.27. The Labute approximate surface area is 204 Å². The summed E-state index contributed by atoms with van der Waals surface area (Å²) >= 11 is 5.73. The van der Waals surface area contributed by atoms with Gasteiger partial charge in [0, 0.05) is 41.6 Å². The van der Waals surface area contributed by atoms with E-state index in [2.05, 4.69) is 45.4 Å². The van der Waals surface area contributed by atoms with Crippen LogP contribution < -0.4 is 10.6 Å². The number of benzene rings is 2. The maximum absolute atomic E-state index is 13.0. The summed E-state index contributed by atoms with van der Waals surface area (Å²) in [7, 11) is 0. The molecule has 3 N–H and O–H groups in total. The van der Waals surface area contributed by atoms with Crippen molar-refractivity contribution in [1.29, 1.82) is 0 Å². The molecular formula is C27H27N5OS. The quantitative estimate of drug-likeness (QED) is 0.339. The van der Waals surface area contributed by atoms with E-state index in [9.17, 15) is 4.79 Å². The summed E-state index contributed by atoms with van der Waals surface area (Å²) in [5, 5.41) is 9.31. The highest BCUT2D eigenvalue weighted by molar-refractivity contribution is 7.80. The minimum Gasteiger partial charge on any atom is -0.362 e. The molecule has 34 heavy (non-hydrogen) atoms. The Hall–Kier alpha value is -3.71. The fraction of sp³-hybridized carbons (Fsp3) is 0.222. The molecule has 2 atom stereocenters. The van der Waals surface area contributed by atoms with Gasteiger partial charge in [0.05, 0.1) is 17.8 Å². The molecule has 2 aromatic heterocycles. The van der Waals surface area contributed by atoms with Crippen LogP contribution >= 0.6 is 12.2 Å². The molecule has 0 radical (unpaired) electrons. The zero-order valence-corrected chi connectivity index (χ0v) is 20.0. The average molecular weight is 470 g/mol. The first kappa shape index (κ1) is 22.1. The molecule has 1 saturated heterocycles. The number of amides is 1. The van der Waals surface area contributed by atoms with Crippen LogP contribution in [0.2, 0.25) is 0 Å². The normalized spacial score (nSPS) is 17.7. The van der Waals surface area contributed by atoms with Crippen molar-refractivity contribution in [2.45, 2.75) is 32.4 Å². The first-order valence-corrected chi connectivity index (χ1v) is 11.8. The third kappa shape index (κ3) is 4.26. The number of hydrogen-bond donors (Lipinski definition) is 3. The molecule has 0 unspecified atom stereocenters. The van der Waals surface area contributed by atoms with Crippen molar-refractivity contribution in [2.24, 2.45) is 0 Å². The highest BCUT2D eigenvalue weighted by Gasteiger charge is 2.40. The molecule has 0 bridgehead atoms. The summed E-state index contributed by atoms with van der Waals surface area (Å²) in [6, 6.07) is 21.9. The van der Waals surface area contributed by atoms with Gasteiger partial charge in [-0.2, -0.15) is 0 Å². The van der Waals surface area contributed by atoms with Gasteiger partial charge in [-0.25, -0.2) is 0 Å². The summed E-state index contributed by atoms with van der Waals surface area (Å²) in [6.45, 7) is 4.62. The Bertz CT molecular complexity index is 1340. The van der Waals surface area contributed by atoms with Crippen molar-refractivity contribution in [2.75, 3.05) is 11.9 Å². The number of thiocarbonyl (C=S) groups is 1. The zero-order chi connectivity index (χ0) is 23.7. The van der Waals surface area contributed by atoms with Crippen LogP contribution in [0.3, 0.4) is 0 Å². The van der Waals surface area contributed by atoms with Crippen molar-refractivity contribution in [3.63, 3.8) is 0 Å². The molecule has 0 saturated carbocycles. The maximum atomic E-state index is 13.0. The van der Waals surface area contributed by atoms with Gasteiger partial charge in [-0.05, 0) is 61.3 Å². The minimum absolute atomic E-state index is 0.0406. The van der Waals surface area contributed by atoms with Crippen LogP contribution in [-0.2, 0) is 4.79 Å². The number of carbonyl (C=O) groups is 1. The van der Waals surface area contributed by atoms with E-state index in [0.29, 0.717) is 18.1 Å². The summed E-state index contributed by atoms with van der Waals surface area (Å²) in [6.07, 6.45) is 2.12. The average Bonchev–Trinajstić information content (AvgIpc) is 3.35. The Kier molecular flexibility index (Phi) is 6.02. The minimum atomic E-state index is -0.0938. The maximum Gasteiger partial charge on any atom is 0.226 e. The highest BCUT2D eigenvalue weighted by atomic mass is 32.1. The number of nitrogens with zero attached hydrogens (tertiary/aromatic N) is 2. The molecule has 3 heterocycles. The number of rotatable bonds is 6. The third-order valence-electron chi connectivity index (χ3n) is 6.35. The summed E-state index contributed by atoms with van der Waals surface area (Å²) in [5.74, 6) is -0.0406. The Morgan fingerprint density at radius 2 is 1.88 bits per heavy atom.